The van der Waals surface area contributed by atoms with Crippen molar-refractivity contribution in [1.29, 1.82) is 5.26 Å². The molecular formula is C25H25NO7. The maximum absolute atomic E-state index is 11.0. The van der Waals surface area contributed by atoms with Crippen molar-refractivity contribution in [3.05, 3.63) is 108 Å². The molecule has 8 heteroatoms. The Balaban J connectivity index is 0.000000271. The van der Waals surface area contributed by atoms with Crippen LogP contribution >= 0.6 is 0 Å². The third kappa shape index (κ3) is 9.76. The van der Waals surface area contributed by atoms with Crippen molar-refractivity contribution in [2.45, 2.75) is 18.2 Å². The SMILES string of the molecule is [2H][C@@](O)(C#N)c1ccccc1.[2H][C@@](O)(C(=O)O)c1ccccc1.[2H][C@@](O)(C(=O)OC)c1ccccc1. The number of methoxy groups -OCH3 is 1. The Labute approximate surface area is 195 Å². The average Bonchev–Trinajstić information content (AvgIpc) is 2.90. The average molecular weight is 454 g/mol. The fourth-order valence-corrected chi connectivity index (χ4v) is 2.19. The maximum Gasteiger partial charge on any atom is 0.339 e. The molecule has 0 heterocycles. The van der Waals surface area contributed by atoms with Crippen LogP contribution in [-0.4, -0.2) is 39.5 Å². The standard InChI is InChI=1S/C9H10O3.C8H7NO.C8H8O3/c1-12-9(11)8(10)7-5-3-2-4-6-7;9-6-8(10)7-4-2-1-3-5-7;9-7(8(10)11)6-4-2-1-3-5-6/h2-6,8,10H,1H3;1-5,8,10H;1-5,7,9H,(H,10,11)/t2*8-;7-/m010/s1/i2*8D;7D. The second kappa shape index (κ2) is 14.9. The molecule has 0 fully saturated rings. The lowest BCUT2D eigenvalue weighted by molar-refractivity contribution is -0.150. The van der Waals surface area contributed by atoms with E-state index in [1.807, 2.05) is 0 Å². The zero-order valence-corrected chi connectivity index (χ0v) is 17.6. The Hall–Kier alpha value is -4.03. The van der Waals surface area contributed by atoms with Crippen LogP contribution in [0.5, 0.6) is 0 Å². The molecule has 4 N–H and O–H groups in total. The summed E-state index contributed by atoms with van der Waals surface area (Å²) in [6, 6.07) is 25.2. The number of rotatable bonds is 5. The molecule has 33 heavy (non-hydrogen) atoms. The van der Waals surface area contributed by atoms with Crippen molar-refractivity contribution >= 4 is 11.9 Å². The highest BCUT2D eigenvalue weighted by Crippen LogP contribution is 2.13. The van der Waals surface area contributed by atoms with Gasteiger partial charge in [0.05, 0.1) is 17.3 Å². The number of hydrogen-bond acceptors (Lipinski definition) is 7. The van der Waals surface area contributed by atoms with Crippen molar-refractivity contribution in [1.82, 2.24) is 0 Å². The minimum Gasteiger partial charge on any atom is -0.479 e. The predicted octanol–water partition coefficient (Wildman–Crippen LogP) is 2.94. The summed E-state index contributed by atoms with van der Waals surface area (Å²) in [7, 11) is 1.13. The number of hydrogen-bond donors (Lipinski definition) is 4. The molecule has 3 atom stereocenters. The number of aliphatic hydroxyl groups is 3. The summed E-state index contributed by atoms with van der Waals surface area (Å²) in [6.07, 6.45) is -6.96. The Morgan fingerprint density at radius 2 is 1.15 bits per heavy atom. The van der Waals surface area contributed by atoms with E-state index in [2.05, 4.69) is 4.74 Å². The van der Waals surface area contributed by atoms with Gasteiger partial charge in [-0.2, -0.15) is 5.26 Å². The predicted molar refractivity (Wildman–Crippen MR) is 119 cm³/mol. The normalized spacial score (nSPS) is 16.4. The molecule has 3 rings (SSSR count). The van der Waals surface area contributed by atoms with Gasteiger partial charge in [-0.1, -0.05) is 91.0 Å². The molecule has 0 aliphatic heterocycles. The molecule has 0 amide bonds. The van der Waals surface area contributed by atoms with Crippen LogP contribution in [-0.2, 0) is 14.3 Å². The van der Waals surface area contributed by atoms with E-state index < -0.39 is 30.2 Å². The molecule has 0 saturated carbocycles. The van der Waals surface area contributed by atoms with Crippen LogP contribution in [0.4, 0.5) is 0 Å². The molecule has 0 radical (unpaired) electrons. The first kappa shape index (κ1) is 22.2. The highest BCUT2D eigenvalue weighted by atomic mass is 16.5. The summed E-state index contributed by atoms with van der Waals surface area (Å²) >= 11 is 0. The Morgan fingerprint density at radius 1 is 0.788 bits per heavy atom. The van der Waals surface area contributed by atoms with E-state index in [0.29, 0.717) is 5.56 Å². The third-order valence-corrected chi connectivity index (χ3v) is 3.83. The second-order valence-electron chi connectivity index (χ2n) is 6.05. The molecule has 0 aliphatic carbocycles. The quantitative estimate of drug-likeness (QED) is 0.340. The Kier molecular flexibility index (Phi) is 10.0. The van der Waals surface area contributed by atoms with Crippen LogP contribution in [0.2, 0.25) is 0 Å². The first-order chi connectivity index (χ1) is 16.8. The molecule has 3 aromatic rings. The number of carboxylic acid groups (broad SMARTS) is 1. The Morgan fingerprint density at radius 3 is 1.48 bits per heavy atom. The fourth-order valence-electron chi connectivity index (χ4n) is 2.19. The van der Waals surface area contributed by atoms with Crippen molar-refractivity contribution in [2.75, 3.05) is 7.11 Å². The number of carbonyl (C=O) groups is 2. The van der Waals surface area contributed by atoms with Crippen LogP contribution in [0.1, 0.15) is 39.0 Å². The minimum absolute atomic E-state index is 0.0532. The lowest BCUT2D eigenvalue weighted by atomic mass is 10.1. The molecule has 0 bridgehead atoms. The lowest BCUT2D eigenvalue weighted by Gasteiger charge is -2.07. The first-order valence-corrected chi connectivity index (χ1v) is 9.37. The smallest absolute Gasteiger partial charge is 0.339 e. The van der Waals surface area contributed by atoms with Gasteiger partial charge in [0.1, 0.15) is 0 Å². The zero-order chi connectivity index (χ0) is 27.4. The lowest BCUT2D eigenvalue weighted by Crippen LogP contribution is -2.13. The summed E-state index contributed by atoms with van der Waals surface area (Å²) in [5.41, 5.74) is 0.543. The summed E-state index contributed by atoms with van der Waals surface area (Å²) in [6.45, 7) is 0. The fraction of sp³-hybridized carbons (Fsp3) is 0.160. The van der Waals surface area contributed by atoms with Gasteiger partial charge in [-0.25, -0.2) is 9.59 Å². The van der Waals surface area contributed by atoms with Gasteiger partial charge in [0, 0.05) is 0 Å². The van der Waals surface area contributed by atoms with E-state index >= 15 is 0 Å². The van der Waals surface area contributed by atoms with E-state index in [9.17, 15) is 14.7 Å². The number of carboxylic acids is 1. The van der Waals surface area contributed by atoms with E-state index in [4.69, 9.17) is 24.7 Å². The summed E-state index contributed by atoms with van der Waals surface area (Å²) in [5.74, 6) is -2.56. The van der Waals surface area contributed by atoms with Gasteiger partial charge in [0.2, 0.25) is 0 Å². The van der Waals surface area contributed by atoms with Crippen molar-refractivity contribution in [3.8, 4) is 6.07 Å². The molecule has 3 aromatic carbocycles. The van der Waals surface area contributed by atoms with Crippen LogP contribution < -0.4 is 0 Å². The monoisotopic (exact) mass is 454 g/mol. The largest absolute Gasteiger partial charge is 0.479 e. The number of esters is 1. The molecule has 0 aromatic heterocycles. The number of ether oxygens (including phenoxy) is 1. The highest BCUT2D eigenvalue weighted by molar-refractivity contribution is 5.76. The van der Waals surface area contributed by atoms with Gasteiger partial charge in [-0.15, -0.1) is 0 Å². The highest BCUT2D eigenvalue weighted by Gasteiger charge is 2.16. The molecular weight excluding hydrogens is 426 g/mol. The first-order valence-electron chi connectivity index (χ1n) is 10.9. The summed E-state index contributed by atoms with van der Waals surface area (Å²) in [4.78, 5) is 21.4. The van der Waals surface area contributed by atoms with E-state index in [1.165, 1.54) is 42.5 Å². The van der Waals surface area contributed by atoms with Crippen LogP contribution in [0.3, 0.4) is 0 Å². The maximum atomic E-state index is 11.0. The van der Waals surface area contributed by atoms with Crippen LogP contribution in [0, 0.1) is 11.3 Å². The minimum atomic E-state index is -2.54. The van der Waals surface area contributed by atoms with Gasteiger partial charge in [-0.05, 0) is 16.7 Å². The molecule has 8 nitrogen and oxygen atoms in total. The van der Waals surface area contributed by atoms with Gasteiger partial charge >= 0.3 is 11.9 Å². The topological polar surface area (TPSA) is 148 Å². The van der Waals surface area contributed by atoms with Crippen molar-refractivity contribution in [3.63, 3.8) is 0 Å². The van der Waals surface area contributed by atoms with Crippen molar-refractivity contribution in [2.24, 2.45) is 0 Å². The number of carbonyl (C=O) groups excluding carboxylic acids is 1. The van der Waals surface area contributed by atoms with E-state index in [1.54, 1.807) is 54.6 Å². The third-order valence-electron chi connectivity index (χ3n) is 3.83. The number of aliphatic carboxylic acids is 1. The van der Waals surface area contributed by atoms with Gasteiger partial charge in [0.15, 0.2) is 18.2 Å². The van der Waals surface area contributed by atoms with Crippen molar-refractivity contribution < 1.29 is 38.9 Å². The molecule has 0 spiro atoms. The number of nitrogens with zero attached hydrogens (tertiary/aromatic N) is 1. The van der Waals surface area contributed by atoms with Gasteiger partial charge in [-0.3, -0.25) is 0 Å². The Bertz CT molecular complexity index is 1150. The number of benzene rings is 3. The zero-order valence-electron chi connectivity index (χ0n) is 20.6. The van der Waals surface area contributed by atoms with Gasteiger partial charge in [0.25, 0.3) is 0 Å². The summed E-state index contributed by atoms with van der Waals surface area (Å²) in [5, 5.41) is 44.5. The molecule has 172 valence electrons. The van der Waals surface area contributed by atoms with E-state index in [-0.39, 0.29) is 11.1 Å². The molecule has 0 saturated heterocycles. The molecule has 0 aliphatic rings. The second-order valence-corrected chi connectivity index (χ2v) is 6.05. The summed E-state index contributed by atoms with van der Waals surface area (Å²) < 4.78 is 25.8. The number of nitriles is 1. The van der Waals surface area contributed by atoms with Gasteiger partial charge < -0.3 is 25.2 Å². The van der Waals surface area contributed by atoms with Crippen LogP contribution in [0.25, 0.3) is 0 Å². The van der Waals surface area contributed by atoms with E-state index in [0.717, 1.165) is 7.11 Å². The van der Waals surface area contributed by atoms with Crippen LogP contribution in [0.15, 0.2) is 91.0 Å². The molecule has 0 unspecified atom stereocenters.